The van der Waals surface area contributed by atoms with E-state index in [2.05, 4.69) is 40.7 Å². The Balaban J connectivity index is 1.55. The Bertz CT molecular complexity index is 1430. The SMILES string of the molecule is CCN1CCN(C(=O)CC(c2cccc(C(F)(F)F)c2)c2cn(Cc3ccc(C)cc3)c3ccccc23)CC1. The van der Waals surface area contributed by atoms with Gasteiger partial charge in [-0.25, -0.2) is 0 Å². The van der Waals surface area contributed by atoms with Gasteiger partial charge in [-0.3, -0.25) is 4.79 Å². The molecule has 0 radical (unpaired) electrons. The summed E-state index contributed by atoms with van der Waals surface area (Å²) in [6.07, 6.45) is -2.32. The standard InChI is InChI=1S/C32H34F3N3O/c1-3-36-15-17-37(18-16-36)31(39)20-28(25-7-6-8-26(19-25)32(33,34)35)29-22-38(30-10-5-4-9-27(29)30)21-24-13-11-23(2)12-14-24/h4-14,19,22,28H,3,15-18,20-21H2,1-2H3. The van der Waals surface area contributed by atoms with E-state index in [1.165, 1.54) is 17.7 Å². The maximum atomic E-state index is 13.7. The summed E-state index contributed by atoms with van der Waals surface area (Å²) in [5.74, 6) is -0.531. The van der Waals surface area contributed by atoms with Crippen molar-refractivity contribution in [2.24, 2.45) is 0 Å². The van der Waals surface area contributed by atoms with Crippen molar-refractivity contribution in [3.8, 4) is 0 Å². The van der Waals surface area contributed by atoms with Gasteiger partial charge in [-0.2, -0.15) is 13.2 Å². The molecule has 1 aromatic heterocycles. The lowest BCUT2D eigenvalue weighted by Gasteiger charge is -2.35. The van der Waals surface area contributed by atoms with Gasteiger partial charge in [-0.1, -0.05) is 73.2 Å². The van der Waals surface area contributed by atoms with Crippen LogP contribution >= 0.6 is 0 Å². The van der Waals surface area contributed by atoms with Crippen LogP contribution in [0.25, 0.3) is 10.9 Å². The molecule has 1 aliphatic heterocycles. The molecule has 7 heteroatoms. The van der Waals surface area contributed by atoms with Crippen LogP contribution in [-0.4, -0.2) is 53.0 Å². The lowest BCUT2D eigenvalue weighted by Crippen LogP contribution is -2.48. The van der Waals surface area contributed by atoms with Crippen molar-refractivity contribution in [3.63, 3.8) is 0 Å². The number of benzene rings is 3. The van der Waals surface area contributed by atoms with E-state index in [-0.39, 0.29) is 12.3 Å². The molecule has 0 aliphatic carbocycles. The molecule has 4 aromatic rings. The first-order chi connectivity index (χ1) is 18.7. The Kier molecular flexibility index (Phi) is 7.80. The number of hydrogen-bond acceptors (Lipinski definition) is 2. The molecule has 1 atom stereocenters. The van der Waals surface area contributed by atoms with Crippen molar-refractivity contribution in [1.29, 1.82) is 0 Å². The number of piperazine rings is 1. The minimum atomic E-state index is -4.46. The molecule has 2 heterocycles. The minimum absolute atomic E-state index is 0.0245. The lowest BCUT2D eigenvalue weighted by atomic mass is 9.87. The van der Waals surface area contributed by atoms with Crippen molar-refractivity contribution in [2.45, 2.75) is 38.9 Å². The Morgan fingerprint density at radius 2 is 1.64 bits per heavy atom. The number of aromatic nitrogens is 1. The molecule has 1 saturated heterocycles. The van der Waals surface area contributed by atoms with Crippen molar-refractivity contribution >= 4 is 16.8 Å². The van der Waals surface area contributed by atoms with Gasteiger partial charge in [0.15, 0.2) is 0 Å². The van der Waals surface area contributed by atoms with E-state index in [4.69, 9.17) is 0 Å². The zero-order valence-corrected chi connectivity index (χ0v) is 22.4. The van der Waals surface area contributed by atoms with Crippen LogP contribution in [0, 0.1) is 6.92 Å². The highest BCUT2D eigenvalue weighted by Crippen LogP contribution is 2.38. The smallest absolute Gasteiger partial charge is 0.343 e. The van der Waals surface area contributed by atoms with Gasteiger partial charge < -0.3 is 14.4 Å². The van der Waals surface area contributed by atoms with Gasteiger partial charge >= 0.3 is 6.18 Å². The summed E-state index contributed by atoms with van der Waals surface area (Å²) in [6, 6.07) is 21.7. The van der Waals surface area contributed by atoms with Gasteiger partial charge in [0.05, 0.1) is 5.56 Å². The van der Waals surface area contributed by atoms with Gasteiger partial charge in [0.2, 0.25) is 5.91 Å². The predicted octanol–water partition coefficient (Wildman–Crippen LogP) is 6.70. The molecule has 5 rings (SSSR count). The van der Waals surface area contributed by atoms with Crippen LogP contribution in [0.1, 0.15) is 47.1 Å². The lowest BCUT2D eigenvalue weighted by molar-refractivity contribution is -0.137. The normalized spacial score (nSPS) is 15.6. The second-order valence-electron chi connectivity index (χ2n) is 10.4. The summed E-state index contributed by atoms with van der Waals surface area (Å²) in [4.78, 5) is 17.7. The van der Waals surface area contributed by atoms with Crippen molar-refractivity contribution in [2.75, 3.05) is 32.7 Å². The highest BCUT2D eigenvalue weighted by molar-refractivity contribution is 5.87. The first kappa shape index (κ1) is 27.0. The fourth-order valence-electron chi connectivity index (χ4n) is 5.53. The van der Waals surface area contributed by atoms with Gasteiger partial charge in [-0.05, 0) is 42.3 Å². The van der Waals surface area contributed by atoms with Gasteiger partial charge in [0.25, 0.3) is 0 Å². The third-order valence-corrected chi connectivity index (χ3v) is 7.84. The van der Waals surface area contributed by atoms with Crippen LogP contribution in [0.4, 0.5) is 13.2 Å². The van der Waals surface area contributed by atoms with Crippen LogP contribution in [-0.2, 0) is 17.5 Å². The molecule has 4 nitrogen and oxygen atoms in total. The van der Waals surface area contributed by atoms with Crippen molar-refractivity contribution in [1.82, 2.24) is 14.4 Å². The first-order valence-electron chi connectivity index (χ1n) is 13.5. The molecule has 0 spiro atoms. The molecule has 1 amide bonds. The Morgan fingerprint density at radius 3 is 2.33 bits per heavy atom. The van der Waals surface area contributed by atoms with Crippen molar-refractivity contribution in [3.05, 3.63) is 107 Å². The number of hydrogen-bond donors (Lipinski definition) is 0. The Hall–Kier alpha value is -3.58. The number of rotatable bonds is 7. The molecule has 1 unspecified atom stereocenters. The third-order valence-electron chi connectivity index (χ3n) is 7.84. The zero-order chi connectivity index (χ0) is 27.6. The topological polar surface area (TPSA) is 28.5 Å². The van der Waals surface area contributed by atoms with E-state index in [1.54, 1.807) is 6.07 Å². The summed E-state index contributed by atoms with van der Waals surface area (Å²) < 4.78 is 43.2. The first-order valence-corrected chi connectivity index (χ1v) is 13.5. The third kappa shape index (κ3) is 6.04. The average Bonchev–Trinajstić information content (AvgIpc) is 3.30. The summed E-state index contributed by atoms with van der Waals surface area (Å²) in [5.41, 5.74) is 3.99. The predicted molar refractivity (Wildman–Crippen MR) is 149 cm³/mol. The molecule has 1 fully saturated rings. The molecule has 0 N–H and O–H groups in total. The van der Waals surface area contributed by atoms with Crippen LogP contribution in [0.15, 0.2) is 79.0 Å². The highest BCUT2D eigenvalue weighted by Gasteiger charge is 2.33. The van der Waals surface area contributed by atoms with Gasteiger partial charge in [0.1, 0.15) is 0 Å². The van der Waals surface area contributed by atoms with Crippen LogP contribution in [0.2, 0.25) is 0 Å². The van der Waals surface area contributed by atoms with Crippen LogP contribution in [0.3, 0.4) is 0 Å². The summed E-state index contributed by atoms with van der Waals surface area (Å²) in [5, 5.41) is 0.954. The number of aryl methyl sites for hydroxylation is 1. The number of fused-ring (bicyclic) bond motifs is 1. The van der Waals surface area contributed by atoms with E-state index < -0.39 is 17.7 Å². The number of alkyl halides is 3. The molecule has 3 aromatic carbocycles. The summed E-state index contributed by atoms with van der Waals surface area (Å²) >= 11 is 0. The van der Waals surface area contributed by atoms with Gasteiger partial charge in [0, 0.05) is 62.2 Å². The number of carbonyl (C=O) groups excluding carboxylic acids is 1. The number of likely N-dealkylation sites (N-methyl/N-ethyl adjacent to an activating group) is 1. The number of para-hydroxylation sites is 1. The fraction of sp³-hybridized carbons (Fsp3) is 0.344. The largest absolute Gasteiger partial charge is 0.416 e. The second kappa shape index (κ2) is 11.3. The van der Waals surface area contributed by atoms with E-state index in [0.717, 1.165) is 47.7 Å². The van der Waals surface area contributed by atoms with E-state index in [0.29, 0.717) is 25.2 Å². The minimum Gasteiger partial charge on any atom is -0.343 e. The molecular weight excluding hydrogens is 499 g/mol. The molecule has 1 aliphatic rings. The number of amides is 1. The number of nitrogens with zero attached hydrogens (tertiary/aromatic N) is 3. The summed E-state index contributed by atoms with van der Waals surface area (Å²) in [6.45, 7) is 8.62. The average molecular weight is 534 g/mol. The molecule has 39 heavy (non-hydrogen) atoms. The molecule has 0 saturated carbocycles. The van der Waals surface area contributed by atoms with Crippen LogP contribution in [0.5, 0.6) is 0 Å². The quantitative estimate of drug-likeness (QED) is 0.264. The van der Waals surface area contributed by atoms with E-state index in [9.17, 15) is 18.0 Å². The van der Waals surface area contributed by atoms with Crippen molar-refractivity contribution < 1.29 is 18.0 Å². The zero-order valence-electron chi connectivity index (χ0n) is 22.4. The maximum Gasteiger partial charge on any atom is 0.416 e. The summed E-state index contributed by atoms with van der Waals surface area (Å²) in [7, 11) is 0. The Labute approximate surface area is 227 Å². The molecular formula is C32H34F3N3O. The monoisotopic (exact) mass is 533 g/mol. The second-order valence-corrected chi connectivity index (χ2v) is 10.4. The number of carbonyl (C=O) groups is 1. The van der Waals surface area contributed by atoms with Crippen LogP contribution < -0.4 is 0 Å². The maximum absolute atomic E-state index is 13.7. The molecule has 0 bridgehead atoms. The molecule has 204 valence electrons. The van der Waals surface area contributed by atoms with E-state index in [1.807, 2.05) is 42.3 Å². The highest BCUT2D eigenvalue weighted by atomic mass is 19.4. The Morgan fingerprint density at radius 1 is 0.923 bits per heavy atom. The fourth-order valence-corrected chi connectivity index (χ4v) is 5.53. The number of halogens is 3. The van der Waals surface area contributed by atoms with Gasteiger partial charge in [-0.15, -0.1) is 0 Å². The van der Waals surface area contributed by atoms with E-state index >= 15 is 0 Å².